The van der Waals surface area contributed by atoms with Gasteiger partial charge in [0.1, 0.15) is 10.9 Å². The van der Waals surface area contributed by atoms with Crippen LogP contribution in [0.1, 0.15) is 70.7 Å². The molecule has 0 spiro atoms. The first-order chi connectivity index (χ1) is 16.2. The molecule has 1 aliphatic rings. The van der Waals surface area contributed by atoms with Gasteiger partial charge in [0.25, 0.3) is 5.91 Å². The molecule has 1 saturated carbocycles. The molecule has 0 saturated heterocycles. The number of nitrogens with zero attached hydrogens (tertiary/aromatic N) is 2. The van der Waals surface area contributed by atoms with Crippen molar-refractivity contribution in [3.63, 3.8) is 0 Å². The highest BCUT2D eigenvalue weighted by atomic mass is 35.5. The number of ketones is 2. The Labute approximate surface area is 222 Å². The topological polar surface area (TPSA) is 103 Å². The molecule has 1 aromatic rings. The Morgan fingerprint density at radius 1 is 1.20 bits per heavy atom. The first kappa shape index (κ1) is 29.3. The van der Waals surface area contributed by atoms with Gasteiger partial charge in [-0.2, -0.15) is 0 Å². The number of amides is 1. The van der Waals surface area contributed by atoms with Crippen LogP contribution in [0.4, 0.5) is 0 Å². The lowest BCUT2D eigenvalue weighted by Gasteiger charge is -2.36. The molecule has 2 rings (SSSR count). The summed E-state index contributed by atoms with van der Waals surface area (Å²) in [6, 6.07) is -0.0233. The second-order valence-corrected chi connectivity index (χ2v) is 11.7. The third-order valence-electron chi connectivity index (χ3n) is 6.30. The minimum atomic E-state index is -0.550. The summed E-state index contributed by atoms with van der Waals surface area (Å²) in [5.41, 5.74) is -0.630. The lowest BCUT2D eigenvalue weighted by atomic mass is 9.71. The average Bonchev–Trinajstić information content (AvgIpc) is 2.74. The zero-order valence-electron chi connectivity index (χ0n) is 20.8. The molecule has 1 aromatic heterocycles. The first-order valence-corrected chi connectivity index (χ1v) is 12.6. The number of nitrogens with one attached hydrogen (secondary N) is 2. The number of halogens is 3. The monoisotopic (exact) mass is 542 g/mol. The number of Topliss-reactive ketones (excluding diaryl/α,β-unsaturated/α-hetero) is 2. The van der Waals surface area contributed by atoms with Crippen molar-refractivity contribution in [2.45, 2.75) is 66.3 Å². The minimum absolute atomic E-state index is 0.0233. The van der Waals surface area contributed by atoms with E-state index in [1.54, 1.807) is 6.92 Å². The molecule has 192 valence electrons. The molecule has 10 heteroatoms. The van der Waals surface area contributed by atoms with Crippen LogP contribution in [0.5, 0.6) is 0 Å². The van der Waals surface area contributed by atoms with Crippen LogP contribution in [0.15, 0.2) is 23.1 Å². The van der Waals surface area contributed by atoms with Crippen LogP contribution in [-0.4, -0.2) is 52.7 Å². The van der Waals surface area contributed by atoms with E-state index in [0.29, 0.717) is 0 Å². The standard InChI is InChI=1S/C25H33Cl3N4O3/c1-15(33)25(5)8-6-16(7-9-25)31-22(28)17(10-29)23(35)32(14-24(2,3)4)13-20(34)21-18(26)11-30-12-19(21)27/h10-12,16,29,31H,6-9,13-14H2,1-5H3/b22-17+,29-10?/t16-,25-. The van der Waals surface area contributed by atoms with Crippen molar-refractivity contribution in [3.8, 4) is 0 Å². The molecule has 0 bridgehead atoms. The molecule has 0 aromatic carbocycles. The molecule has 0 unspecified atom stereocenters. The van der Waals surface area contributed by atoms with Crippen LogP contribution in [0.2, 0.25) is 10.0 Å². The van der Waals surface area contributed by atoms with Gasteiger partial charge < -0.3 is 15.6 Å². The normalized spacial score (nSPS) is 21.1. The van der Waals surface area contributed by atoms with Crippen molar-refractivity contribution in [2.24, 2.45) is 10.8 Å². The molecule has 0 aliphatic heterocycles. The summed E-state index contributed by atoms with van der Waals surface area (Å²) in [5, 5.41) is 11.3. The smallest absolute Gasteiger partial charge is 0.258 e. The zero-order valence-corrected chi connectivity index (χ0v) is 23.1. The molecular formula is C25H33Cl3N4O3. The summed E-state index contributed by atoms with van der Waals surface area (Å²) in [7, 11) is 0. The molecule has 0 radical (unpaired) electrons. The zero-order chi connectivity index (χ0) is 26.6. The van der Waals surface area contributed by atoms with Gasteiger partial charge in [-0.15, -0.1) is 0 Å². The Bertz CT molecular complexity index is 1010. The van der Waals surface area contributed by atoms with Crippen molar-refractivity contribution < 1.29 is 14.4 Å². The van der Waals surface area contributed by atoms with Crippen LogP contribution in [0, 0.1) is 16.2 Å². The van der Waals surface area contributed by atoms with Crippen LogP contribution in [-0.2, 0) is 9.59 Å². The number of hydrogen-bond donors (Lipinski definition) is 2. The van der Waals surface area contributed by atoms with Crippen LogP contribution in [0.25, 0.3) is 0 Å². The first-order valence-electron chi connectivity index (χ1n) is 11.5. The fourth-order valence-electron chi connectivity index (χ4n) is 4.10. The molecule has 1 heterocycles. The number of carbonyl (C=O) groups excluding carboxylic acids is 3. The Kier molecular flexibility index (Phi) is 9.91. The van der Waals surface area contributed by atoms with E-state index in [1.807, 2.05) is 27.7 Å². The third-order valence-corrected chi connectivity index (χ3v) is 7.19. The summed E-state index contributed by atoms with van der Waals surface area (Å²) in [6.07, 6.45) is 6.41. The minimum Gasteiger partial charge on any atom is -0.372 e. The van der Waals surface area contributed by atoms with Gasteiger partial charge in [-0.1, -0.05) is 62.5 Å². The summed E-state index contributed by atoms with van der Waals surface area (Å²) in [4.78, 5) is 43.7. The molecule has 0 atom stereocenters. The molecule has 2 N–H and O–H groups in total. The summed E-state index contributed by atoms with van der Waals surface area (Å²) >= 11 is 18.8. The van der Waals surface area contributed by atoms with Crippen molar-refractivity contribution in [1.29, 1.82) is 5.41 Å². The van der Waals surface area contributed by atoms with E-state index in [-0.39, 0.29) is 62.1 Å². The number of hydrogen-bond acceptors (Lipinski definition) is 6. The van der Waals surface area contributed by atoms with Gasteiger partial charge in [-0.3, -0.25) is 19.4 Å². The predicted octanol–water partition coefficient (Wildman–Crippen LogP) is 5.67. The Morgan fingerprint density at radius 3 is 2.20 bits per heavy atom. The average molecular weight is 544 g/mol. The van der Waals surface area contributed by atoms with Crippen molar-refractivity contribution in [3.05, 3.63) is 38.7 Å². The van der Waals surface area contributed by atoms with Gasteiger partial charge in [0, 0.05) is 36.6 Å². The molecular weight excluding hydrogens is 511 g/mol. The summed E-state index contributed by atoms with van der Waals surface area (Å²) < 4.78 is 0. The van der Waals surface area contributed by atoms with E-state index in [9.17, 15) is 14.4 Å². The van der Waals surface area contributed by atoms with Gasteiger partial charge in [0.15, 0.2) is 5.78 Å². The quantitative estimate of drug-likeness (QED) is 0.181. The largest absolute Gasteiger partial charge is 0.372 e. The highest BCUT2D eigenvalue weighted by Gasteiger charge is 2.35. The molecule has 7 nitrogen and oxygen atoms in total. The highest BCUT2D eigenvalue weighted by molar-refractivity contribution is 6.40. The SMILES string of the molecule is CC(=O)[C@]1(C)CC[C@@H](N/C(Cl)=C(\C=N)C(=O)N(CC(=O)c2c(Cl)cncc2Cl)CC(C)(C)C)CC1. The van der Waals surface area contributed by atoms with Crippen LogP contribution >= 0.6 is 34.8 Å². The van der Waals surface area contributed by atoms with Crippen molar-refractivity contribution in [2.75, 3.05) is 13.1 Å². The predicted molar refractivity (Wildman–Crippen MR) is 140 cm³/mol. The Balaban J connectivity index is 2.26. The molecule has 1 aliphatic carbocycles. The number of rotatable bonds is 9. The van der Waals surface area contributed by atoms with Gasteiger partial charge >= 0.3 is 0 Å². The van der Waals surface area contributed by atoms with Gasteiger partial charge in [0.05, 0.1) is 27.7 Å². The molecule has 1 fully saturated rings. The van der Waals surface area contributed by atoms with Crippen molar-refractivity contribution in [1.82, 2.24) is 15.2 Å². The Hall–Kier alpha value is -1.96. The van der Waals surface area contributed by atoms with Gasteiger partial charge in [-0.25, -0.2) is 0 Å². The fourth-order valence-corrected chi connectivity index (χ4v) is 4.96. The van der Waals surface area contributed by atoms with Crippen molar-refractivity contribution >= 4 is 58.5 Å². The van der Waals surface area contributed by atoms with E-state index in [1.165, 1.54) is 17.3 Å². The second-order valence-electron chi connectivity index (χ2n) is 10.5. The lowest BCUT2D eigenvalue weighted by Crippen LogP contribution is -2.43. The van der Waals surface area contributed by atoms with E-state index in [0.717, 1.165) is 31.9 Å². The van der Waals surface area contributed by atoms with E-state index >= 15 is 0 Å². The van der Waals surface area contributed by atoms with Crippen LogP contribution < -0.4 is 5.32 Å². The highest BCUT2D eigenvalue weighted by Crippen LogP contribution is 2.37. The summed E-state index contributed by atoms with van der Waals surface area (Å²) in [5.74, 6) is -0.819. The van der Waals surface area contributed by atoms with E-state index in [4.69, 9.17) is 40.2 Å². The van der Waals surface area contributed by atoms with Gasteiger partial charge in [-0.05, 0) is 38.0 Å². The molecule has 35 heavy (non-hydrogen) atoms. The number of pyridine rings is 1. The van der Waals surface area contributed by atoms with Crippen LogP contribution in [0.3, 0.4) is 0 Å². The maximum atomic E-state index is 13.5. The van der Waals surface area contributed by atoms with E-state index in [2.05, 4.69) is 10.3 Å². The third kappa shape index (κ3) is 7.76. The van der Waals surface area contributed by atoms with Gasteiger partial charge in [0.2, 0.25) is 0 Å². The second kappa shape index (κ2) is 11.8. The molecule has 1 amide bonds. The number of carbonyl (C=O) groups is 3. The maximum Gasteiger partial charge on any atom is 0.258 e. The lowest BCUT2D eigenvalue weighted by molar-refractivity contribution is -0.128. The number of aromatic nitrogens is 1. The Morgan fingerprint density at radius 2 is 1.74 bits per heavy atom. The summed E-state index contributed by atoms with van der Waals surface area (Å²) in [6.45, 7) is 9.34. The fraction of sp³-hybridized carbons (Fsp3) is 0.560. The van der Waals surface area contributed by atoms with E-state index < -0.39 is 11.7 Å². The maximum absolute atomic E-state index is 13.5.